The van der Waals surface area contributed by atoms with Crippen molar-refractivity contribution in [2.24, 2.45) is 5.41 Å². The molecule has 3 rings (SSSR count). The molecule has 0 aromatic heterocycles. The van der Waals surface area contributed by atoms with E-state index in [1.807, 2.05) is 6.92 Å². The molecule has 0 saturated carbocycles. The molecule has 0 amide bonds. The standard InChI is InChI=1S/C24H28O/c1-3-24(17-14-20-10-12-23(13-11-20)25-4-2)18-15-22(16-19-24)21-8-6-5-7-9-21/h5-13,15-16,18-19,22H,3-4,14,17H2,1-2H3. The summed E-state index contributed by atoms with van der Waals surface area (Å²) in [5, 5.41) is 0. The zero-order valence-electron chi connectivity index (χ0n) is 15.3. The number of ether oxygens (including phenoxy) is 1. The van der Waals surface area contributed by atoms with E-state index < -0.39 is 0 Å². The Morgan fingerprint density at radius 3 is 2.16 bits per heavy atom. The van der Waals surface area contributed by atoms with Gasteiger partial charge in [0.2, 0.25) is 0 Å². The van der Waals surface area contributed by atoms with Crippen LogP contribution < -0.4 is 4.74 Å². The van der Waals surface area contributed by atoms with Crippen LogP contribution in [0.1, 0.15) is 43.7 Å². The van der Waals surface area contributed by atoms with Gasteiger partial charge in [-0.25, -0.2) is 0 Å². The highest BCUT2D eigenvalue weighted by atomic mass is 16.5. The number of benzene rings is 2. The molecule has 0 fully saturated rings. The van der Waals surface area contributed by atoms with Crippen molar-refractivity contribution in [2.45, 2.75) is 39.0 Å². The van der Waals surface area contributed by atoms with Crippen molar-refractivity contribution >= 4 is 0 Å². The number of rotatable bonds is 7. The van der Waals surface area contributed by atoms with Gasteiger partial charge >= 0.3 is 0 Å². The molecule has 0 unspecified atom stereocenters. The normalized spacial score (nSPS) is 22.1. The maximum Gasteiger partial charge on any atom is 0.119 e. The van der Waals surface area contributed by atoms with Crippen molar-refractivity contribution in [3.63, 3.8) is 0 Å². The van der Waals surface area contributed by atoms with Crippen molar-refractivity contribution in [2.75, 3.05) is 6.61 Å². The summed E-state index contributed by atoms with van der Waals surface area (Å²) in [6, 6.07) is 19.3. The lowest BCUT2D eigenvalue weighted by molar-refractivity contribution is 0.340. The van der Waals surface area contributed by atoms with E-state index in [0.29, 0.717) is 5.92 Å². The fraction of sp³-hybridized carbons (Fsp3) is 0.333. The highest BCUT2D eigenvalue weighted by Gasteiger charge is 2.25. The third-order valence-corrected chi connectivity index (χ3v) is 5.23. The minimum absolute atomic E-state index is 0.184. The molecule has 0 radical (unpaired) electrons. The fourth-order valence-electron chi connectivity index (χ4n) is 3.48. The summed E-state index contributed by atoms with van der Waals surface area (Å²) in [5.41, 5.74) is 2.93. The van der Waals surface area contributed by atoms with Crippen molar-refractivity contribution in [1.29, 1.82) is 0 Å². The summed E-state index contributed by atoms with van der Waals surface area (Å²) < 4.78 is 5.53. The molecule has 1 heteroatoms. The van der Waals surface area contributed by atoms with E-state index in [-0.39, 0.29) is 5.41 Å². The third-order valence-electron chi connectivity index (χ3n) is 5.23. The van der Waals surface area contributed by atoms with Crippen molar-refractivity contribution in [3.05, 3.63) is 90.0 Å². The Hall–Kier alpha value is -2.28. The second kappa shape index (κ2) is 8.20. The van der Waals surface area contributed by atoms with Crippen LogP contribution in [-0.4, -0.2) is 6.61 Å². The van der Waals surface area contributed by atoms with Crippen molar-refractivity contribution in [1.82, 2.24) is 0 Å². The summed E-state index contributed by atoms with van der Waals surface area (Å²) in [5.74, 6) is 1.37. The Balaban J connectivity index is 1.63. The van der Waals surface area contributed by atoms with Crippen molar-refractivity contribution < 1.29 is 4.74 Å². The topological polar surface area (TPSA) is 9.23 Å². The molecule has 0 bridgehead atoms. The van der Waals surface area contributed by atoms with Gasteiger partial charge in [-0.1, -0.05) is 73.7 Å². The predicted octanol–water partition coefficient (Wildman–Crippen LogP) is 6.32. The van der Waals surface area contributed by atoms with E-state index in [1.54, 1.807) is 0 Å². The van der Waals surface area contributed by atoms with E-state index >= 15 is 0 Å². The highest BCUT2D eigenvalue weighted by Crippen LogP contribution is 2.38. The van der Waals surface area contributed by atoms with Gasteiger partial charge in [0.1, 0.15) is 5.75 Å². The Kier molecular flexibility index (Phi) is 5.75. The molecule has 0 N–H and O–H groups in total. The largest absolute Gasteiger partial charge is 0.494 e. The van der Waals surface area contributed by atoms with Gasteiger partial charge in [-0.3, -0.25) is 0 Å². The molecule has 0 heterocycles. The molecule has 2 aromatic rings. The first-order valence-electron chi connectivity index (χ1n) is 9.40. The summed E-state index contributed by atoms with van der Waals surface area (Å²) in [7, 11) is 0. The SMILES string of the molecule is CCOc1ccc(CCC2(CC)C=CC(c3ccccc3)C=C2)cc1. The van der Waals surface area contributed by atoms with Crippen LogP contribution in [-0.2, 0) is 6.42 Å². The Morgan fingerprint density at radius 2 is 1.56 bits per heavy atom. The van der Waals surface area contributed by atoms with Crippen LogP contribution in [0.15, 0.2) is 78.9 Å². The average molecular weight is 332 g/mol. The molecule has 25 heavy (non-hydrogen) atoms. The van der Waals surface area contributed by atoms with Crippen molar-refractivity contribution in [3.8, 4) is 5.75 Å². The summed E-state index contributed by atoms with van der Waals surface area (Å²) in [6.07, 6.45) is 13.0. The van der Waals surface area contributed by atoms with Gasteiger partial charge in [0.25, 0.3) is 0 Å². The van der Waals surface area contributed by atoms with E-state index in [9.17, 15) is 0 Å². The first-order valence-corrected chi connectivity index (χ1v) is 9.40. The quantitative estimate of drug-likeness (QED) is 0.539. The van der Waals surface area contributed by atoms with Gasteiger partial charge in [-0.2, -0.15) is 0 Å². The summed E-state index contributed by atoms with van der Waals surface area (Å²) in [4.78, 5) is 0. The van der Waals surface area contributed by atoms with Gasteiger partial charge in [0.05, 0.1) is 6.61 Å². The zero-order chi connectivity index (χ0) is 17.5. The second-order valence-corrected chi connectivity index (χ2v) is 6.82. The minimum Gasteiger partial charge on any atom is -0.494 e. The van der Waals surface area contributed by atoms with Crippen LogP contribution in [0.4, 0.5) is 0 Å². The van der Waals surface area contributed by atoms with Gasteiger partial charge in [0, 0.05) is 11.3 Å². The van der Waals surface area contributed by atoms with Crippen LogP contribution >= 0.6 is 0 Å². The lowest BCUT2D eigenvalue weighted by atomic mass is 9.74. The summed E-state index contributed by atoms with van der Waals surface area (Å²) in [6.45, 7) is 5.02. The molecule has 0 atom stereocenters. The number of hydrogen-bond acceptors (Lipinski definition) is 1. The maximum atomic E-state index is 5.53. The number of aryl methyl sites for hydroxylation is 1. The van der Waals surface area contributed by atoms with E-state index in [0.717, 1.165) is 31.6 Å². The average Bonchev–Trinajstić information content (AvgIpc) is 2.69. The maximum absolute atomic E-state index is 5.53. The smallest absolute Gasteiger partial charge is 0.119 e. The van der Waals surface area contributed by atoms with Crippen LogP contribution in [0.3, 0.4) is 0 Å². The summed E-state index contributed by atoms with van der Waals surface area (Å²) >= 11 is 0. The Bertz CT molecular complexity index is 696. The lowest BCUT2D eigenvalue weighted by Crippen LogP contribution is -2.18. The Morgan fingerprint density at radius 1 is 0.880 bits per heavy atom. The molecule has 1 aliphatic carbocycles. The molecule has 130 valence electrons. The monoisotopic (exact) mass is 332 g/mol. The van der Waals surface area contributed by atoms with Crippen LogP contribution in [0.5, 0.6) is 5.75 Å². The van der Waals surface area contributed by atoms with Gasteiger partial charge in [0.15, 0.2) is 0 Å². The first kappa shape index (κ1) is 17.5. The van der Waals surface area contributed by atoms with Gasteiger partial charge in [-0.15, -0.1) is 0 Å². The van der Waals surface area contributed by atoms with Crippen LogP contribution in [0.25, 0.3) is 0 Å². The minimum atomic E-state index is 0.184. The Labute approximate surface area is 152 Å². The van der Waals surface area contributed by atoms with E-state index in [2.05, 4.69) is 85.8 Å². The molecular weight excluding hydrogens is 304 g/mol. The van der Waals surface area contributed by atoms with Crippen LogP contribution in [0.2, 0.25) is 0 Å². The molecule has 1 aliphatic rings. The molecule has 0 saturated heterocycles. The number of allylic oxidation sites excluding steroid dienone is 4. The molecule has 0 aliphatic heterocycles. The lowest BCUT2D eigenvalue weighted by Gasteiger charge is -2.30. The van der Waals surface area contributed by atoms with E-state index in [1.165, 1.54) is 11.1 Å². The second-order valence-electron chi connectivity index (χ2n) is 6.82. The van der Waals surface area contributed by atoms with Crippen LogP contribution in [0, 0.1) is 5.41 Å². The fourth-order valence-corrected chi connectivity index (χ4v) is 3.48. The third kappa shape index (κ3) is 4.42. The predicted molar refractivity (Wildman–Crippen MR) is 106 cm³/mol. The van der Waals surface area contributed by atoms with Gasteiger partial charge in [-0.05, 0) is 49.4 Å². The first-order chi connectivity index (χ1) is 12.2. The molecule has 2 aromatic carbocycles. The molecule has 1 nitrogen and oxygen atoms in total. The highest BCUT2D eigenvalue weighted by molar-refractivity contribution is 5.34. The van der Waals surface area contributed by atoms with Gasteiger partial charge < -0.3 is 4.74 Å². The van der Waals surface area contributed by atoms with E-state index in [4.69, 9.17) is 4.74 Å². The zero-order valence-corrected chi connectivity index (χ0v) is 15.3. The number of hydrogen-bond donors (Lipinski definition) is 0. The molecule has 0 spiro atoms. The molecular formula is C24H28O.